The average Bonchev–Trinajstić information content (AvgIpc) is 3.65. The van der Waals surface area contributed by atoms with Crippen LogP contribution in [0.4, 0.5) is 4.39 Å². The molecule has 0 aromatic heterocycles. The summed E-state index contributed by atoms with van der Waals surface area (Å²) in [6.45, 7) is 6.84. The summed E-state index contributed by atoms with van der Waals surface area (Å²) in [5.74, 6) is 0.748. The van der Waals surface area contributed by atoms with Gasteiger partial charge in [-0.1, -0.05) is 12.2 Å². The number of ether oxygens (including phenoxy) is 4. The van der Waals surface area contributed by atoms with Crippen molar-refractivity contribution < 1.29 is 33.2 Å². The molecule has 1 aromatic carbocycles. The Balaban J connectivity index is 1.15. The third-order valence-electron chi connectivity index (χ3n) is 8.88. The van der Waals surface area contributed by atoms with Crippen LogP contribution in [0.15, 0.2) is 53.6 Å². The fourth-order valence-corrected chi connectivity index (χ4v) is 7.05. The van der Waals surface area contributed by atoms with Gasteiger partial charge in [0.15, 0.2) is 0 Å². The summed E-state index contributed by atoms with van der Waals surface area (Å²) >= 11 is 0. The smallest absolute Gasteiger partial charge is 0.304 e. The Hall–Kier alpha value is -2.90. The molecule has 6 rings (SSSR count). The molecule has 6 unspecified atom stereocenters. The third-order valence-corrected chi connectivity index (χ3v) is 8.88. The van der Waals surface area contributed by atoms with Crippen LogP contribution in [-0.4, -0.2) is 49.7 Å². The Kier molecular flexibility index (Phi) is 7.38. The third kappa shape index (κ3) is 5.31. The highest BCUT2D eigenvalue weighted by molar-refractivity contribution is 5.76. The molecule has 1 saturated carbocycles. The molecule has 2 heterocycles. The van der Waals surface area contributed by atoms with Crippen LogP contribution in [0.3, 0.4) is 0 Å². The van der Waals surface area contributed by atoms with Crippen LogP contribution in [0.2, 0.25) is 0 Å². The van der Waals surface area contributed by atoms with Gasteiger partial charge in [-0.2, -0.15) is 0 Å². The number of allylic oxidation sites excluding steroid dienone is 4. The number of aliphatic carboxylic acids is 1. The first kappa shape index (κ1) is 26.3. The second kappa shape index (κ2) is 10.9. The number of benzene rings is 1. The van der Waals surface area contributed by atoms with Gasteiger partial charge in [0.1, 0.15) is 17.3 Å². The first-order chi connectivity index (χ1) is 18.9. The van der Waals surface area contributed by atoms with Crippen molar-refractivity contribution >= 4 is 11.5 Å². The lowest BCUT2D eigenvalue weighted by atomic mass is 9.77. The minimum atomic E-state index is -0.823. The van der Waals surface area contributed by atoms with Crippen molar-refractivity contribution in [3.63, 3.8) is 0 Å². The van der Waals surface area contributed by atoms with Crippen molar-refractivity contribution in [2.75, 3.05) is 26.4 Å². The largest absolute Gasteiger partial charge is 0.493 e. The Morgan fingerprint density at radius 2 is 1.92 bits per heavy atom. The van der Waals surface area contributed by atoms with E-state index in [0.29, 0.717) is 25.6 Å². The van der Waals surface area contributed by atoms with E-state index in [9.17, 15) is 9.90 Å². The second-order valence-corrected chi connectivity index (χ2v) is 11.6. The van der Waals surface area contributed by atoms with Crippen LogP contribution in [0.5, 0.6) is 5.75 Å². The van der Waals surface area contributed by atoms with Crippen molar-refractivity contribution in [3.8, 4) is 5.75 Å². The fraction of sp³-hybridized carbons (Fsp3) is 0.531. The molecule has 1 aromatic rings. The van der Waals surface area contributed by atoms with Crippen molar-refractivity contribution in [2.45, 2.75) is 58.2 Å². The summed E-state index contributed by atoms with van der Waals surface area (Å²) in [7, 11) is 0. The molecule has 2 aliphatic heterocycles. The zero-order valence-corrected chi connectivity index (χ0v) is 22.7. The van der Waals surface area contributed by atoms with Gasteiger partial charge >= 0.3 is 5.97 Å². The number of fused-ring (bicyclic) bond motifs is 2. The molecule has 3 fully saturated rings. The highest BCUT2D eigenvalue weighted by Gasteiger charge is 2.45. The summed E-state index contributed by atoms with van der Waals surface area (Å²) in [6, 6.07) is 4.20. The summed E-state index contributed by atoms with van der Waals surface area (Å²) in [6.07, 6.45) is 10.5. The number of aryl methyl sites for hydroxylation is 2. The predicted molar refractivity (Wildman–Crippen MR) is 145 cm³/mol. The van der Waals surface area contributed by atoms with Gasteiger partial charge in [-0.15, -0.1) is 0 Å². The predicted octanol–water partition coefficient (Wildman–Crippen LogP) is 6.08. The van der Waals surface area contributed by atoms with E-state index in [-0.39, 0.29) is 42.2 Å². The van der Waals surface area contributed by atoms with Crippen LogP contribution in [-0.2, 0) is 19.0 Å². The molecule has 1 N–H and O–H groups in total. The minimum Gasteiger partial charge on any atom is -0.493 e. The quantitative estimate of drug-likeness (QED) is 0.434. The second-order valence-electron chi connectivity index (χ2n) is 11.6. The molecule has 3 aliphatic carbocycles. The van der Waals surface area contributed by atoms with Crippen molar-refractivity contribution in [1.29, 1.82) is 0 Å². The van der Waals surface area contributed by atoms with Gasteiger partial charge in [-0.25, -0.2) is 4.39 Å². The van der Waals surface area contributed by atoms with E-state index in [1.165, 1.54) is 11.1 Å². The molecule has 0 bridgehead atoms. The molecule has 0 radical (unpaired) electrons. The van der Waals surface area contributed by atoms with Gasteiger partial charge in [0.2, 0.25) is 0 Å². The van der Waals surface area contributed by atoms with E-state index < -0.39 is 5.97 Å². The van der Waals surface area contributed by atoms with Gasteiger partial charge in [0, 0.05) is 24.4 Å². The van der Waals surface area contributed by atoms with Crippen molar-refractivity contribution in [1.82, 2.24) is 0 Å². The number of hydrogen-bond donors (Lipinski definition) is 1. The molecule has 6 atom stereocenters. The highest BCUT2D eigenvalue weighted by Crippen LogP contribution is 2.50. The molecule has 208 valence electrons. The maximum Gasteiger partial charge on any atom is 0.304 e. The first-order valence-corrected chi connectivity index (χ1v) is 14.2. The molecular weight excluding hydrogens is 499 g/mol. The molecule has 5 aliphatic rings. The van der Waals surface area contributed by atoms with Crippen LogP contribution in [0.1, 0.15) is 48.8 Å². The lowest BCUT2D eigenvalue weighted by Gasteiger charge is -2.32. The zero-order valence-electron chi connectivity index (χ0n) is 22.7. The standard InChI is InChI=1S/C32H37FO6/c1-18-11-23(37-16-20-9-10-36-15-20)12-19(2)31(18)25-5-7-27(33)32-26(25)6-8-28(32)39-22-3-4-24-21(13-30(34)35)17-38-29(24)14-22/h4-5,7,11-12,14,20-22,26,28,32H,3,6,8-10,13,15-17H2,1-2H3,(H,34,35). The van der Waals surface area contributed by atoms with Crippen LogP contribution in [0.25, 0.3) is 5.57 Å². The number of hydrogen-bond acceptors (Lipinski definition) is 5. The molecule has 39 heavy (non-hydrogen) atoms. The highest BCUT2D eigenvalue weighted by atomic mass is 19.1. The maximum absolute atomic E-state index is 15.3. The Morgan fingerprint density at radius 1 is 1.10 bits per heavy atom. The number of rotatable bonds is 8. The Labute approximate surface area is 229 Å². The SMILES string of the molecule is Cc1cc(OCC2CCOC2)cc(C)c1C1=CC=C(F)C2C(OC3C=C4OCC(CC(=O)O)C4=CC3)CCC12. The normalized spacial score (nSPS) is 31.5. The number of carboxylic acid groups (broad SMARTS) is 1. The summed E-state index contributed by atoms with van der Waals surface area (Å²) < 4.78 is 39.2. The van der Waals surface area contributed by atoms with E-state index in [2.05, 4.69) is 26.0 Å². The molecule has 0 spiro atoms. The van der Waals surface area contributed by atoms with Crippen LogP contribution >= 0.6 is 0 Å². The van der Waals surface area contributed by atoms with Gasteiger partial charge in [-0.3, -0.25) is 4.79 Å². The summed E-state index contributed by atoms with van der Waals surface area (Å²) in [5.41, 5.74) is 5.61. The topological polar surface area (TPSA) is 74.2 Å². The monoisotopic (exact) mass is 536 g/mol. The van der Waals surface area contributed by atoms with Gasteiger partial charge in [0.25, 0.3) is 0 Å². The van der Waals surface area contributed by atoms with Crippen LogP contribution in [0, 0.1) is 37.5 Å². The first-order valence-electron chi connectivity index (χ1n) is 14.2. The maximum atomic E-state index is 15.3. The van der Waals surface area contributed by atoms with E-state index >= 15 is 4.39 Å². The van der Waals surface area contributed by atoms with Crippen LogP contribution < -0.4 is 4.74 Å². The molecule has 6 nitrogen and oxygen atoms in total. The molecule has 7 heteroatoms. The Bertz CT molecular complexity index is 1230. The van der Waals surface area contributed by atoms with Gasteiger partial charge < -0.3 is 24.1 Å². The lowest BCUT2D eigenvalue weighted by molar-refractivity contribution is -0.137. The molecule has 2 saturated heterocycles. The van der Waals surface area contributed by atoms with E-state index in [1.807, 2.05) is 18.2 Å². The van der Waals surface area contributed by atoms with E-state index in [0.717, 1.165) is 60.7 Å². The van der Waals surface area contributed by atoms with Crippen molar-refractivity contribution in [3.05, 3.63) is 70.3 Å². The summed E-state index contributed by atoms with van der Waals surface area (Å²) in [4.78, 5) is 11.2. The minimum absolute atomic E-state index is 0.0600. The van der Waals surface area contributed by atoms with Gasteiger partial charge in [-0.05, 0) is 97.6 Å². The van der Waals surface area contributed by atoms with E-state index in [1.54, 1.807) is 6.08 Å². The number of halogens is 1. The molecule has 0 amide bonds. The molecular formula is C32H37FO6. The number of carbonyl (C=O) groups is 1. The fourth-order valence-electron chi connectivity index (χ4n) is 7.05. The van der Waals surface area contributed by atoms with Crippen molar-refractivity contribution in [2.24, 2.45) is 23.7 Å². The number of carboxylic acids is 1. The lowest BCUT2D eigenvalue weighted by Crippen LogP contribution is -2.30. The zero-order chi connectivity index (χ0) is 27.1. The Morgan fingerprint density at radius 3 is 2.67 bits per heavy atom. The van der Waals surface area contributed by atoms with E-state index in [4.69, 9.17) is 18.9 Å². The average molecular weight is 537 g/mol. The van der Waals surface area contributed by atoms with Gasteiger partial charge in [0.05, 0.1) is 38.4 Å². The summed E-state index contributed by atoms with van der Waals surface area (Å²) in [5, 5.41) is 9.17.